The number of aliphatic hydroxyl groups is 1. The average Bonchev–Trinajstić information content (AvgIpc) is 2.45. The SMILES string of the molecule is COc1cccc(CCCCCCCCO)c1C(=O)O. The fourth-order valence-electron chi connectivity index (χ4n) is 2.33. The molecule has 0 aliphatic heterocycles. The zero-order valence-corrected chi connectivity index (χ0v) is 12.1. The van der Waals surface area contributed by atoms with Gasteiger partial charge in [-0.25, -0.2) is 4.79 Å². The van der Waals surface area contributed by atoms with Gasteiger partial charge in [-0.3, -0.25) is 0 Å². The molecule has 4 nitrogen and oxygen atoms in total. The molecule has 0 aromatic heterocycles. The lowest BCUT2D eigenvalue weighted by Gasteiger charge is -2.10. The predicted octanol–water partition coefficient (Wildman–Crippen LogP) is 3.27. The lowest BCUT2D eigenvalue weighted by Crippen LogP contribution is -2.05. The van der Waals surface area contributed by atoms with Crippen LogP contribution in [0.2, 0.25) is 0 Å². The van der Waals surface area contributed by atoms with E-state index < -0.39 is 5.97 Å². The van der Waals surface area contributed by atoms with Gasteiger partial charge in [0.15, 0.2) is 0 Å². The van der Waals surface area contributed by atoms with Crippen molar-refractivity contribution in [3.63, 3.8) is 0 Å². The van der Waals surface area contributed by atoms with Crippen LogP contribution in [0.5, 0.6) is 5.75 Å². The first kappa shape index (κ1) is 16.5. The molecule has 1 rings (SSSR count). The highest BCUT2D eigenvalue weighted by molar-refractivity contribution is 5.92. The van der Waals surface area contributed by atoms with Crippen LogP contribution < -0.4 is 4.74 Å². The number of hydrogen-bond acceptors (Lipinski definition) is 3. The number of benzene rings is 1. The molecule has 0 aliphatic carbocycles. The van der Waals surface area contributed by atoms with Crippen molar-refractivity contribution in [3.8, 4) is 5.75 Å². The highest BCUT2D eigenvalue weighted by Gasteiger charge is 2.15. The van der Waals surface area contributed by atoms with Crippen molar-refractivity contribution in [1.82, 2.24) is 0 Å². The van der Waals surface area contributed by atoms with Crippen LogP contribution in [0.1, 0.15) is 54.4 Å². The molecular formula is C16H24O4. The molecule has 1 aromatic carbocycles. The van der Waals surface area contributed by atoms with Gasteiger partial charge in [0.25, 0.3) is 0 Å². The van der Waals surface area contributed by atoms with E-state index in [0.717, 1.165) is 50.5 Å². The number of methoxy groups -OCH3 is 1. The van der Waals surface area contributed by atoms with Gasteiger partial charge in [0.05, 0.1) is 7.11 Å². The van der Waals surface area contributed by atoms with E-state index in [2.05, 4.69) is 0 Å². The Morgan fingerprint density at radius 1 is 1.10 bits per heavy atom. The predicted molar refractivity (Wildman–Crippen MR) is 78.4 cm³/mol. The Morgan fingerprint density at radius 2 is 1.75 bits per heavy atom. The van der Waals surface area contributed by atoms with Gasteiger partial charge in [0.2, 0.25) is 0 Å². The van der Waals surface area contributed by atoms with Gasteiger partial charge in [-0.2, -0.15) is 0 Å². The zero-order chi connectivity index (χ0) is 14.8. The molecule has 0 radical (unpaired) electrons. The van der Waals surface area contributed by atoms with Crippen molar-refractivity contribution in [2.24, 2.45) is 0 Å². The van der Waals surface area contributed by atoms with Crippen molar-refractivity contribution in [2.45, 2.75) is 44.9 Å². The van der Waals surface area contributed by atoms with Crippen molar-refractivity contribution in [2.75, 3.05) is 13.7 Å². The van der Waals surface area contributed by atoms with E-state index in [1.54, 1.807) is 6.07 Å². The summed E-state index contributed by atoms with van der Waals surface area (Å²) in [5, 5.41) is 18.0. The summed E-state index contributed by atoms with van der Waals surface area (Å²) in [5.41, 5.74) is 1.13. The minimum atomic E-state index is -0.930. The minimum absolute atomic E-state index is 0.270. The topological polar surface area (TPSA) is 66.8 Å². The van der Waals surface area contributed by atoms with E-state index >= 15 is 0 Å². The Balaban J connectivity index is 2.45. The minimum Gasteiger partial charge on any atom is -0.496 e. The maximum atomic E-state index is 11.3. The normalized spacial score (nSPS) is 10.5. The van der Waals surface area contributed by atoms with E-state index in [9.17, 15) is 9.90 Å². The summed E-state index contributed by atoms with van der Waals surface area (Å²) in [5.74, 6) is -0.502. The maximum Gasteiger partial charge on any atom is 0.339 e. The summed E-state index contributed by atoms with van der Waals surface area (Å²) in [7, 11) is 1.49. The number of unbranched alkanes of at least 4 members (excludes halogenated alkanes) is 5. The van der Waals surface area contributed by atoms with E-state index in [1.165, 1.54) is 7.11 Å². The van der Waals surface area contributed by atoms with E-state index in [4.69, 9.17) is 9.84 Å². The maximum absolute atomic E-state index is 11.3. The summed E-state index contributed by atoms with van der Waals surface area (Å²) in [4.78, 5) is 11.3. The van der Waals surface area contributed by atoms with Gasteiger partial charge < -0.3 is 14.9 Å². The highest BCUT2D eigenvalue weighted by Crippen LogP contribution is 2.24. The van der Waals surface area contributed by atoms with Crippen LogP contribution in [0.25, 0.3) is 0 Å². The number of aliphatic hydroxyl groups excluding tert-OH is 1. The van der Waals surface area contributed by atoms with Crippen LogP contribution in [-0.2, 0) is 6.42 Å². The Morgan fingerprint density at radius 3 is 2.35 bits per heavy atom. The molecule has 0 amide bonds. The van der Waals surface area contributed by atoms with Crippen LogP contribution >= 0.6 is 0 Å². The van der Waals surface area contributed by atoms with Crippen LogP contribution in [0, 0.1) is 0 Å². The molecule has 0 unspecified atom stereocenters. The molecule has 0 aliphatic rings. The van der Waals surface area contributed by atoms with Gasteiger partial charge >= 0.3 is 5.97 Å². The zero-order valence-electron chi connectivity index (χ0n) is 12.1. The Labute approximate surface area is 120 Å². The third-order valence-corrected chi connectivity index (χ3v) is 3.40. The van der Waals surface area contributed by atoms with Crippen LogP contribution in [0.3, 0.4) is 0 Å². The van der Waals surface area contributed by atoms with Crippen molar-refractivity contribution in [1.29, 1.82) is 0 Å². The molecule has 0 spiro atoms. The van der Waals surface area contributed by atoms with Crippen molar-refractivity contribution < 1.29 is 19.7 Å². The number of carbonyl (C=O) groups is 1. The summed E-state index contributed by atoms with van der Waals surface area (Å²) in [6.07, 6.45) is 7.03. The first-order valence-corrected chi connectivity index (χ1v) is 7.20. The number of carboxylic acid groups (broad SMARTS) is 1. The fourth-order valence-corrected chi connectivity index (χ4v) is 2.33. The molecule has 112 valence electrons. The molecule has 2 N–H and O–H groups in total. The largest absolute Gasteiger partial charge is 0.496 e. The van der Waals surface area contributed by atoms with Crippen LogP contribution in [0.4, 0.5) is 0 Å². The average molecular weight is 280 g/mol. The molecular weight excluding hydrogens is 256 g/mol. The second-order valence-electron chi connectivity index (χ2n) is 4.89. The highest BCUT2D eigenvalue weighted by atomic mass is 16.5. The van der Waals surface area contributed by atoms with E-state index in [1.807, 2.05) is 12.1 Å². The summed E-state index contributed by atoms with van der Waals surface area (Å²) >= 11 is 0. The number of ether oxygens (including phenoxy) is 1. The molecule has 0 bridgehead atoms. The second kappa shape index (κ2) is 9.37. The van der Waals surface area contributed by atoms with Crippen molar-refractivity contribution >= 4 is 5.97 Å². The molecule has 1 aromatic rings. The van der Waals surface area contributed by atoms with Crippen LogP contribution in [0.15, 0.2) is 18.2 Å². The third-order valence-electron chi connectivity index (χ3n) is 3.40. The van der Waals surface area contributed by atoms with E-state index in [0.29, 0.717) is 5.75 Å². The summed E-state index contributed by atoms with van der Waals surface area (Å²) < 4.78 is 5.11. The Kier molecular flexibility index (Phi) is 7.73. The van der Waals surface area contributed by atoms with Crippen LogP contribution in [-0.4, -0.2) is 29.9 Å². The first-order chi connectivity index (χ1) is 9.70. The fraction of sp³-hybridized carbons (Fsp3) is 0.562. The van der Waals surface area contributed by atoms with Crippen molar-refractivity contribution in [3.05, 3.63) is 29.3 Å². The lowest BCUT2D eigenvalue weighted by atomic mass is 9.99. The lowest BCUT2D eigenvalue weighted by molar-refractivity contribution is 0.0692. The number of aryl methyl sites for hydroxylation is 1. The summed E-state index contributed by atoms with van der Waals surface area (Å²) in [6, 6.07) is 5.38. The quantitative estimate of drug-likeness (QED) is 0.645. The Bertz CT molecular complexity index is 415. The molecule has 0 saturated heterocycles. The number of carboxylic acids is 1. The molecule has 0 heterocycles. The number of rotatable bonds is 10. The van der Waals surface area contributed by atoms with E-state index in [-0.39, 0.29) is 12.2 Å². The van der Waals surface area contributed by atoms with Gasteiger partial charge in [0, 0.05) is 6.61 Å². The molecule has 4 heteroatoms. The standard InChI is InChI=1S/C16H24O4/c1-20-14-11-8-10-13(15(14)16(18)19)9-6-4-2-3-5-7-12-17/h8,10-11,17H,2-7,9,12H2,1H3,(H,18,19). The van der Waals surface area contributed by atoms with Gasteiger partial charge in [-0.15, -0.1) is 0 Å². The molecule has 0 saturated carbocycles. The molecule has 0 atom stereocenters. The Hall–Kier alpha value is -1.55. The third kappa shape index (κ3) is 5.21. The smallest absolute Gasteiger partial charge is 0.339 e. The monoisotopic (exact) mass is 280 g/mol. The molecule has 20 heavy (non-hydrogen) atoms. The number of hydrogen-bond donors (Lipinski definition) is 2. The summed E-state index contributed by atoms with van der Waals surface area (Å²) in [6.45, 7) is 0.270. The molecule has 0 fully saturated rings. The second-order valence-corrected chi connectivity index (χ2v) is 4.89. The number of aromatic carboxylic acids is 1. The first-order valence-electron chi connectivity index (χ1n) is 7.20. The van der Waals surface area contributed by atoms with Gasteiger partial charge in [0.1, 0.15) is 11.3 Å². The van der Waals surface area contributed by atoms with Gasteiger partial charge in [-0.1, -0.05) is 37.8 Å². The van der Waals surface area contributed by atoms with Gasteiger partial charge in [-0.05, 0) is 30.9 Å².